The molecular weight excluding hydrogens is 226 g/mol. The summed E-state index contributed by atoms with van der Waals surface area (Å²) in [5, 5.41) is 5.65. The van der Waals surface area contributed by atoms with Crippen LogP contribution in [-0.4, -0.2) is 6.04 Å². The number of hydrogen-bond donors (Lipinski definition) is 1. The van der Waals surface area contributed by atoms with Gasteiger partial charge in [0.1, 0.15) is 0 Å². The fourth-order valence-electron chi connectivity index (χ4n) is 1.92. The third-order valence-corrected chi connectivity index (χ3v) is 3.71. The Morgan fingerprint density at radius 2 is 1.88 bits per heavy atom. The van der Waals surface area contributed by atoms with Gasteiger partial charge in [-0.05, 0) is 35.1 Å². The molecule has 2 rings (SSSR count). The first-order valence-electron chi connectivity index (χ1n) is 6.04. The average Bonchev–Trinajstić information content (AvgIpc) is 2.73. The molecule has 0 amide bonds. The van der Waals surface area contributed by atoms with Gasteiger partial charge in [-0.3, -0.25) is 0 Å². The largest absolute Gasteiger partial charge is 0.310 e. The summed E-state index contributed by atoms with van der Waals surface area (Å²) < 4.78 is 0. The minimum Gasteiger partial charge on any atom is -0.310 e. The van der Waals surface area contributed by atoms with Gasteiger partial charge in [-0.1, -0.05) is 38.1 Å². The van der Waals surface area contributed by atoms with Gasteiger partial charge >= 0.3 is 0 Å². The van der Waals surface area contributed by atoms with E-state index in [1.54, 1.807) is 0 Å². The Bertz CT molecular complexity index is 485. The zero-order chi connectivity index (χ0) is 12.3. The molecule has 0 fully saturated rings. The van der Waals surface area contributed by atoms with E-state index in [1.165, 1.54) is 21.6 Å². The van der Waals surface area contributed by atoms with Gasteiger partial charge in [-0.25, -0.2) is 0 Å². The average molecular weight is 245 g/mol. The molecule has 17 heavy (non-hydrogen) atoms. The summed E-state index contributed by atoms with van der Waals surface area (Å²) in [6.07, 6.45) is 0. The number of rotatable bonds is 4. The highest BCUT2D eigenvalue weighted by Crippen LogP contribution is 2.30. The quantitative estimate of drug-likeness (QED) is 0.850. The van der Waals surface area contributed by atoms with E-state index in [-0.39, 0.29) is 0 Å². The second kappa shape index (κ2) is 5.48. The van der Waals surface area contributed by atoms with E-state index in [1.807, 2.05) is 11.3 Å². The van der Waals surface area contributed by atoms with Crippen molar-refractivity contribution in [2.75, 3.05) is 0 Å². The topological polar surface area (TPSA) is 12.0 Å². The summed E-state index contributed by atoms with van der Waals surface area (Å²) in [5.74, 6) is 0. The smallest absolute Gasteiger partial charge is 0.0214 e. The molecule has 2 aromatic rings. The molecule has 2 heteroatoms. The molecule has 1 aromatic carbocycles. The van der Waals surface area contributed by atoms with Crippen LogP contribution in [-0.2, 0) is 6.54 Å². The van der Waals surface area contributed by atoms with Crippen LogP contribution in [0, 0.1) is 6.92 Å². The van der Waals surface area contributed by atoms with Crippen molar-refractivity contribution in [3.63, 3.8) is 0 Å². The molecule has 0 aliphatic rings. The third-order valence-electron chi connectivity index (χ3n) is 2.87. The summed E-state index contributed by atoms with van der Waals surface area (Å²) in [6, 6.07) is 11.4. The molecule has 0 aliphatic carbocycles. The summed E-state index contributed by atoms with van der Waals surface area (Å²) in [7, 11) is 0. The maximum absolute atomic E-state index is 3.49. The molecule has 0 radical (unpaired) electrons. The van der Waals surface area contributed by atoms with Crippen LogP contribution in [0.1, 0.15) is 24.3 Å². The van der Waals surface area contributed by atoms with E-state index < -0.39 is 0 Å². The molecule has 0 spiro atoms. The van der Waals surface area contributed by atoms with Crippen molar-refractivity contribution < 1.29 is 0 Å². The zero-order valence-electron chi connectivity index (χ0n) is 10.7. The summed E-state index contributed by atoms with van der Waals surface area (Å²) >= 11 is 1.81. The van der Waals surface area contributed by atoms with E-state index in [4.69, 9.17) is 0 Å². The first-order valence-corrected chi connectivity index (χ1v) is 6.92. The maximum Gasteiger partial charge on any atom is 0.0214 e. The number of aryl methyl sites for hydroxylation is 1. The Kier molecular flexibility index (Phi) is 3.97. The molecule has 0 bridgehead atoms. The van der Waals surface area contributed by atoms with Crippen molar-refractivity contribution in [1.29, 1.82) is 0 Å². The Morgan fingerprint density at radius 3 is 2.53 bits per heavy atom. The lowest BCUT2D eigenvalue weighted by atomic mass is 10.0. The molecular formula is C15H19NS. The molecule has 90 valence electrons. The van der Waals surface area contributed by atoms with Crippen molar-refractivity contribution in [2.24, 2.45) is 0 Å². The monoisotopic (exact) mass is 245 g/mol. The molecule has 1 aromatic heterocycles. The van der Waals surface area contributed by atoms with Gasteiger partial charge in [0.25, 0.3) is 0 Å². The number of benzene rings is 1. The second-order valence-electron chi connectivity index (χ2n) is 4.58. The van der Waals surface area contributed by atoms with Gasteiger partial charge in [-0.2, -0.15) is 0 Å². The Labute approximate surface area is 108 Å². The van der Waals surface area contributed by atoms with Crippen molar-refractivity contribution in [2.45, 2.75) is 33.4 Å². The standard InChI is InChI=1S/C15H19NS/c1-11(2)16-10-13-6-4-5-7-15(13)14-8-9-17-12(14)3/h4-9,11,16H,10H2,1-3H3. The van der Waals surface area contributed by atoms with Gasteiger partial charge in [0.2, 0.25) is 0 Å². The van der Waals surface area contributed by atoms with E-state index in [2.05, 4.69) is 61.8 Å². The lowest BCUT2D eigenvalue weighted by Crippen LogP contribution is -2.22. The molecule has 0 unspecified atom stereocenters. The highest BCUT2D eigenvalue weighted by atomic mass is 32.1. The van der Waals surface area contributed by atoms with Crippen LogP contribution in [0.3, 0.4) is 0 Å². The van der Waals surface area contributed by atoms with E-state index in [0.29, 0.717) is 6.04 Å². The highest BCUT2D eigenvalue weighted by Gasteiger charge is 2.07. The SMILES string of the molecule is Cc1sccc1-c1ccccc1CNC(C)C. The summed E-state index contributed by atoms with van der Waals surface area (Å²) in [5.41, 5.74) is 4.11. The van der Waals surface area contributed by atoms with Crippen molar-refractivity contribution in [1.82, 2.24) is 5.32 Å². The van der Waals surface area contributed by atoms with Crippen LogP contribution in [0.2, 0.25) is 0 Å². The summed E-state index contributed by atoms with van der Waals surface area (Å²) in [4.78, 5) is 1.39. The fourth-order valence-corrected chi connectivity index (χ4v) is 2.63. The van der Waals surface area contributed by atoms with Crippen LogP contribution in [0.4, 0.5) is 0 Å². The second-order valence-corrected chi connectivity index (χ2v) is 5.70. The molecule has 1 heterocycles. The third kappa shape index (κ3) is 2.96. The van der Waals surface area contributed by atoms with Crippen LogP contribution in [0.25, 0.3) is 11.1 Å². The molecule has 0 saturated carbocycles. The Hall–Kier alpha value is -1.12. The first-order chi connectivity index (χ1) is 8.18. The first kappa shape index (κ1) is 12.3. The van der Waals surface area contributed by atoms with Crippen LogP contribution in [0.15, 0.2) is 35.7 Å². The molecule has 1 nitrogen and oxygen atoms in total. The molecule has 0 saturated heterocycles. The van der Waals surface area contributed by atoms with E-state index in [0.717, 1.165) is 6.54 Å². The zero-order valence-corrected chi connectivity index (χ0v) is 11.5. The van der Waals surface area contributed by atoms with Gasteiger partial charge in [0.15, 0.2) is 0 Å². The predicted molar refractivity (Wildman–Crippen MR) is 76.5 cm³/mol. The van der Waals surface area contributed by atoms with Crippen molar-refractivity contribution in [3.05, 3.63) is 46.2 Å². The molecule has 1 N–H and O–H groups in total. The number of nitrogens with one attached hydrogen (secondary N) is 1. The van der Waals surface area contributed by atoms with Crippen LogP contribution in [0.5, 0.6) is 0 Å². The van der Waals surface area contributed by atoms with Crippen molar-refractivity contribution in [3.8, 4) is 11.1 Å². The van der Waals surface area contributed by atoms with Gasteiger partial charge in [0, 0.05) is 17.5 Å². The van der Waals surface area contributed by atoms with E-state index in [9.17, 15) is 0 Å². The minimum absolute atomic E-state index is 0.520. The lowest BCUT2D eigenvalue weighted by molar-refractivity contribution is 0.589. The molecule has 0 aliphatic heterocycles. The van der Waals surface area contributed by atoms with Crippen molar-refractivity contribution >= 4 is 11.3 Å². The number of hydrogen-bond acceptors (Lipinski definition) is 2. The van der Waals surface area contributed by atoms with Gasteiger partial charge < -0.3 is 5.32 Å². The number of thiophene rings is 1. The fraction of sp³-hybridized carbons (Fsp3) is 0.333. The highest BCUT2D eigenvalue weighted by molar-refractivity contribution is 7.10. The maximum atomic E-state index is 3.49. The van der Waals surface area contributed by atoms with Crippen LogP contribution >= 0.6 is 11.3 Å². The predicted octanol–water partition coefficient (Wildman–Crippen LogP) is 4.22. The Morgan fingerprint density at radius 1 is 1.12 bits per heavy atom. The van der Waals surface area contributed by atoms with E-state index >= 15 is 0 Å². The van der Waals surface area contributed by atoms with Gasteiger partial charge in [-0.15, -0.1) is 11.3 Å². The normalized spacial score (nSPS) is 11.1. The Balaban J connectivity index is 2.31. The van der Waals surface area contributed by atoms with Crippen LogP contribution < -0.4 is 5.32 Å². The lowest BCUT2D eigenvalue weighted by Gasteiger charge is -2.12. The van der Waals surface area contributed by atoms with Gasteiger partial charge in [0.05, 0.1) is 0 Å². The molecule has 0 atom stereocenters. The minimum atomic E-state index is 0.520. The summed E-state index contributed by atoms with van der Waals surface area (Å²) in [6.45, 7) is 7.48.